The Kier molecular flexibility index (Phi) is 24.0. The van der Waals surface area contributed by atoms with Gasteiger partial charge in [-0.05, 0) is 86.5 Å². The van der Waals surface area contributed by atoms with Crippen molar-refractivity contribution in [3.63, 3.8) is 0 Å². The molecule has 3 aromatic rings. The van der Waals surface area contributed by atoms with Crippen LogP contribution in [-0.2, 0) is 20.9 Å². The maximum Gasteiger partial charge on any atom is 0.319 e. The highest BCUT2D eigenvalue weighted by Crippen LogP contribution is 2.35. The van der Waals surface area contributed by atoms with Crippen LogP contribution < -0.4 is 15.4 Å². The Morgan fingerprint density at radius 3 is 2.02 bits per heavy atom. The van der Waals surface area contributed by atoms with Crippen molar-refractivity contribution in [3.8, 4) is 5.75 Å². The summed E-state index contributed by atoms with van der Waals surface area (Å²) < 4.78 is 5.20. The van der Waals surface area contributed by atoms with Gasteiger partial charge in [0.1, 0.15) is 19.3 Å². The lowest BCUT2D eigenvalue weighted by Crippen LogP contribution is -2.42. The first-order valence-electron chi connectivity index (χ1n) is 17.2. The molecule has 0 aromatic heterocycles. The summed E-state index contributed by atoms with van der Waals surface area (Å²) in [4.78, 5) is 45.0. The molecule has 49 heavy (non-hydrogen) atoms. The maximum absolute atomic E-state index is 12.9. The third kappa shape index (κ3) is 16.9. The first-order valence-corrected chi connectivity index (χ1v) is 17.2. The lowest BCUT2D eigenvalue weighted by atomic mass is 9.77. The smallest absolute Gasteiger partial charge is 0.319 e. The van der Waals surface area contributed by atoms with Crippen LogP contribution in [0, 0.1) is 12.3 Å². The van der Waals surface area contributed by atoms with Crippen LogP contribution in [0.5, 0.6) is 5.75 Å². The fourth-order valence-corrected chi connectivity index (χ4v) is 5.40. The Morgan fingerprint density at radius 1 is 0.918 bits per heavy atom. The van der Waals surface area contributed by atoms with Crippen molar-refractivity contribution in [3.05, 3.63) is 95.6 Å². The van der Waals surface area contributed by atoms with Crippen LogP contribution in [0.15, 0.2) is 78.9 Å². The molecule has 1 aliphatic rings. The predicted octanol–water partition coefficient (Wildman–Crippen LogP) is 8.09. The van der Waals surface area contributed by atoms with E-state index < -0.39 is 0 Å². The SMILES string of the molecule is C=O.C=O.CC.CC.COc1ccc(NC(=O)NC(CCN2CCC(C)(CCN(C=O)Cc3ccc(C)cc3)CC2)c2ccccc2)cc1. The monoisotopic (exact) mass is 676 g/mol. The highest BCUT2D eigenvalue weighted by atomic mass is 16.5. The molecule has 9 nitrogen and oxygen atoms in total. The molecule has 0 radical (unpaired) electrons. The number of carbonyl (C=O) groups excluding carboxylic acids is 4. The average Bonchev–Trinajstić information content (AvgIpc) is 3.17. The summed E-state index contributed by atoms with van der Waals surface area (Å²) in [6, 6.07) is 25.6. The van der Waals surface area contributed by atoms with Gasteiger partial charge in [-0.2, -0.15) is 0 Å². The Morgan fingerprint density at radius 2 is 1.49 bits per heavy atom. The molecular weight excluding hydrogens is 616 g/mol. The minimum Gasteiger partial charge on any atom is -0.497 e. The summed E-state index contributed by atoms with van der Waals surface area (Å²) in [5.74, 6) is 0.749. The van der Waals surface area contributed by atoms with E-state index in [1.165, 1.54) is 11.1 Å². The van der Waals surface area contributed by atoms with Gasteiger partial charge in [0.2, 0.25) is 6.41 Å². The molecule has 1 heterocycles. The fourth-order valence-electron chi connectivity index (χ4n) is 5.40. The summed E-state index contributed by atoms with van der Waals surface area (Å²) in [5.41, 5.74) is 4.44. The van der Waals surface area contributed by atoms with Gasteiger partial charge in [-0.15, -0.1) is 0 Å². The van der Waals surface area contributed by atoms with E-state index in [-0.39, 0.29) is 17.5 Å². The van der Waals surface area contributed by atoms with Crippen molar-refractivity contribution in [2.24, 2.45) is 5.41 Å². The quantitative estimate of drug-likeness (QED) is 0.177. The molecule has 2 N–H and O–H groups in total. The largest absolute Gasteiger partial charge is 0.497 e. The number of carbonyl (C=O) groups is 4. The van der Waals surface area contributed by atoms with E-state index in [1.54, 1.807) is 7.11 Å². The molecule has 3 amide bonds. The van der Waals surface area contributed by atoms with Crippen molar-refractivity contribution >= 4 is 31.7 Å². The number of likely N-dealkylation sites (tertiary alicyclic amines) is 1. The van der Waals surface area contributed by atoms with E-state index in [9.17, 15) is 9.59 Å². The summed E-state index contributed by atoms with van der Waals surface area (Å²) in [6.45, 7) is 20.8. The number of nitrogens with zero attached hydrogens (tertiary/aromatic N) is 2. The molecule has 1 atom stereocenters. The molecule has 1 fully saturated rings. The van der Waals surface area contributed by atoms with Gasteiger partial charge in [-0.25, -0.2) is 4.79 Å². The topological polar surface area (TPSA) is 108 Å². The predicted molar refractivity (Wildman–Crippen MR) is 202 cm³/mol. The van der Waals surface area contributed by atoms with Crippen molar-refractivity contribution in [2.45, 2.75) is 79.8 Å². The van der Waals surface area contributed by atoms with Gasteiger partial charge >= 0.3 is 6.03 Å². The van der Waals surface area contributed by atoms with Gasteiger partial charge < -0.3 is 34.8 Å². The zero-order valence-electron chi connectivity index (χ0n) is 30.9. The minimum absolute atomic E-state index is 0.0920. The zero-order chi connectivity index (χ0) is 37.1. The second-order valence-corrected chi connectivity index (χ2v) is 11.5. The standard InChI is InChI=1S/C34H44N4O3.2C2H6.2CH2O/c1-27-9-11-28(12-10-27)25-38(26-39)24-20-34(2)18-22-37(23-19-34)21-17-32(29-7-5-4-6-8-29)36-33(40)35-30-13-15-31(41-3)16-14-30;4*1-2/h4-16,26,32H,17-25H2,1-3H3,(H2,35,36,40);2*1-2H3;2*1H2. The van der Waals surface area contributed by atoms with E-state index in [4.69, 9.17) is 14.3 Å². The number of hydrogen-bond acceptors (Lipinski definition) is 6. The van der Waals surface area contributed by atoms with Crippen molar-refractivity contribution in [2.75, 3.05) is 38.6 Å². The highest BCUT2D eigenvalue weighted by molar-refractivity contribution is 5.89. The van der Waals surface area contributed by atoms with E-state index in [2.05, 4.69) is 65.8 Å². The fraction of sp³-hybridized carbons (Fsp3) is 0.450. The number of ether oxygens (including phenoxy) is 1. The van der Waals surface area contributed by atoms with Crippen LogP contribution >= 0.6 is 0 Å². The van der Waals surface area contributed by atoms with Crippen molar-refractivity contribution in [1.82, 2.24) is 15.1 Å². The molecule has 9 heteroatoms. The summed E-state index contributed by atoms with van der Waals surface area (Å²) in [7, 11) is 1.62. The Bertz CT molecular complexity index is 1260. The first kappa shape index (κ1) is 44.5. The van der Waals surface area contributed by atoms with Gasteiger partial charge in [0.15, 0.2) is 0 Å². The third-order valence-corrected chi connectivity index (χ3v) is 8.31. The molecule has 0 spiro atoms. The number of piperidine rings is 1. The number of nitrogens with one attached hydrogen (secondary N) is 2. The van der Waals surface area contributed by atoms with E-state index >= 15 is 0 Å². The number of aryl methyl sites for hydroxylation is 1. The van der Waals surface area contributed by atoms with Gasteiger partial charge in [0.25, 0.3) is 0 Å². The number of amides is 3. The molecule has 1 saturated heterocycles. The van der Waals surface area contributed by atoms with Crippen LogP contribution in [0.1, 0.15) is 83.0 Å². The number of hydrogen-bond donors (Lipinski definition) is 2. The van der Waals surface area contributed by atoms with Gasteiger partial charge in [0.05, 0.1) is 13.2 Å². The summed E-state index contributed by atoms with van der Waals surface area (Å²) in [5, 5.41) is 6.12. The second kappa shape index (κ2) is 26.5. The number of urea groups is 1. The molecule has 1 aliphatic heterocycles. The number of benzene rings is 3. The van der Waals surface area contributed by atoms with Crippen molar-refractivity contribution < 1.29 is 23.9 Å². The van der Waals surface area contributed by atoms with Crippen LogP contribution in [0.3, 0.4) is 0 Å². The summed E-state index contributed by atoms with van der Waals surface area (Å²) >= 11 is 0. The molecule has 0 aliphatic carbocycles. The van der Waals surface area contributed by atoms with Crippen LogP contribution in [0.2, 0.25) is 0 Å². The molecule has 4 rings (SSSR count). The lowest BCUT2D eigenvalue weighted by Gasteiger charge is -2.40. The normalized spacial score (nSPS) is 13.4. The van der Waals surface area contributed by atoms with Gasteiger partial charge in [0, 0.05) is 25.3 Å². The molecule has 0 saturated carbocycles. The van der Waals surface area contributed by atoms with Gasteiger partial charge in [-0.3, -0.25) is 4.79 Å². The van der Waals surface area contributed by atoms with Crippen molar-refractivity contribution in [1.29, 1.82) is 0 Å². The Balaban J connectivity index is 0.00000268. The summed E-state index contributed by atoms with van der Waals surface area (Å²) in [6.07, 6.45) is 5.02. The molecule has 0 bridgehead atoms. The molecular formula is C40H60N4O5. The Hall–Kier alpha value is -4.50. The molecule has 3 aromatic carbocycles. The Labute approximate surface area is 295 Å². The van der Waals surface area contributed by atoms with Crippen LogP contribution in [0.25, 0.3) is 0 Å². The number of anilines is 1. The highest BCUT2D eigenvalue weighted by Gasteiger charge is 2.30. The maximum atomic E-state index is 12.9. The van der Waals surface area contributed by atoms with Crippen LogP contribution in [-0.4, -0.2) is 69.1 Å². The molecule has 1 unspecified atom stereocenters. The molecule has 270 valence electrons. The number of methoxy groups -OCH3 is 1. The minimum atomic E-state index is -0.222. The van der Waals surface area contributed by atoms with Crippen LogP contribution in [0.4, 0.5) is 10.5 Å². The zero-order valence-corrected chi connectivity index (χ0v) is 30.9. The lowest BCUT2D eigenvalue weighted by molar-refractivity contribution is -0.119. The van der Waals surface area contributed by atoms with E-state index in [0.717, 1.165) is 75.3 Å². The number of rotatable bonds is 13. The first-order chi connectivity index (χ1) is 23.9. The second-order valence-electron chi connectivity index (χ2n) is 11.5. The van der Waals surface area contributed by atoms with E-state index in [1.807, 2.05) is 88.6 Å². The third-order valence-electron chi connectivity index (χ3n) is 8.31. The van der Waals surface area contributed by atoms with E-state index in [0.29, 0.717) is 6.54 Å². The average molecular weight is 677 g/mol. The van der Waals surface area contributed by atoms with Gasteiger partial charge in [-0.1, -0.05) is 94.8 Å².